The number of nitrogens with zero attached hydrogens (tertiary/aromatic N) is 2. The fourth-order valence-corrected chi connectivity index (χ4v) is 4.00. The summed E-state index contributed by atoms with van der Waals surface area (Å²) in [5, 5.41) is 11.1. The van der Waals surface area contributed by atoms with E-state index in [0.29, 0.717) is 11.6 Å². The lowest BCUT2D eigenvalue weighted by molar-refractivity contribution is -0.387. The average molecular weight is 346 g/mol. The molecule has 0 amide bonds. The van der Waals surface area contributed by atoms with E-state index in [0.717, 1.165) is 25.8 Å². The molecule has 1 unspecified atom stereocenters. The summed E-state index contributed by atoms with van der Waals surface area (Å²) in [6.07, 6.45) is 1.96. The Balaban J connectivity index is 1.90. The van der Waals surface area contributed by atoms with Crippen LogP contribution in [0.25, 0.3) is 0 Å². The highest BCUT2D eigenvalue weighted by molar-refractivity contribution is 7.90. The standard InChI is InChI=1S/C17H18N2O4S/c1-24(22,23)17-11-15(7-8-16(17)19(20)21)18-10-9-14(12-18)13-5-3-2-4-6-13/h2-8,11,14H,9-10,12H2,1H3. The minimum atomic E-state index is -3.66. The van der Waals surface area contributed by atoms with Crippen LogP contribution in [0.4, 0.5) is 11.4 Å². The van der Waals surface area contributed by atoms with Gasteiger partial charge in [-0.3, -0.25) is 10.1 Å². The zero-order valence-corrected chi connectivity index (χ0v) is 14.1. The van der Waals surface area contributed by atoms with E-state index in [4.69, 9.17) is 0 Å². The van der Waals surface area contributed by atoms with Crippen LogP contribution in [0, 0.1) is 10.1 Å². The molecule has 0 N–H and O–H groups in total. The molecule has 0 bridgehead atoms. The lowest BCUT2D eigenvalue weighted by Gasteiger charge is -2.19. The summed E-state index contributed by atoms with van der Waals surface area (Å²) in [4.78, 5) is 12.3. The van der Waals surface area contributed by atoms with E-state index in [1.807, 2.05) is 18.2 Å². The van der Waals surface area contributed by atoms with Gasteiger partial charge in [-0.25, -0.2) is 8.42 Å². The van der Waals surface area contributed by atoms with Gasteiger partial charge in [0, 0.05) is 37.0 Å². The number of sulfone groups is 1. The summed E-state index contributed by atoms with van der Waals surface area (Å²) in [6.45, 7) is 1.56. The fraction of sp³-hybridized carbons (Fsp3) is 0.294. The van der Waals surface area contributed by atoms with Crippen molar-refractivity contribution in [2.75, 3.05) is 24.2 Å². The largest absolute Gasteiger partial charge is 0.371 e. The molecule has 0 aromatic heterocycles. The van der Waals surface area contributed by atoms with Gasteiger partial charge >= 0.3 is 0 Å². The summed E-state index contributed by atoms with van der Waals surface area (Å²) < 4.78 is 23.8. The molecular formula is C17H18N2O4S. The molecule has 24 heavy (non-hydrogen) atoms. The molecule has 0 radical (unpaired) electrons. The normalized spacial score (nSPS) is 17.9. The average Bonchev–Trinajstić information content (AvgIpc) is 3.04. The highest BCUT2D eigenvalue weighted by Crippen LogP contribution is 2.34. The number of hydrogen-bond acceptors (Lipinski definition) is 5. The summed E-state index contributed by atoms with van der Waals surface area (Å²) in [6, 6.07) is 14.5. The molecule has 1 aliphatic heterocycles. The molecule has 1 aliphatic rings. The van der Waals surface area contributed by atoms with E-state index >= 15 is 0 Å². The molecule has 6 nitrogen and oxygen atoms in total. The van der Waals surface area contributed by atoms with Crippen LogP contribution < -0.4 is 4.90 Å². The first kappa shape index (κ1) is 16.4. The molecule has 1 saturated heterocycles. The Morgan fingerprint density at radius 2 is 1.88 bits per heavy atom. The van der Waals surface area contributed by atoms with Crippen molar-refractivity contribution in [2.45, 2.75) is 17.2 Å². The Labute approximate surface area is 140 Å². The number of benzene rings is 2. The Morgan fingerprint density at radius 3 is 2.50 bits per heavy atom. The number of nitro groups is 1. The summed E-state index contributed by atoms with van der Waals surface area (Å²) in [5.74, 6) is 0.378. The lowest BCUT2D eigenvalue weighted by atomic mass is 9.99. The second kappa shape index (κ2) is 6.24. The number of nitro benzene ring substituents is 1. The van der Waals surface area contributed by atoms with Crippen molar-refractivity contribution in [3.05, 3.63) is 64.2 Å². The first-order valence-electron chi connectivity index (χ1n) is 7.64. The number of anilines is 1. The molecule has 1 heterocycles. The van der Waals surface area contributed by atoms with Crippen molar-refractivity contribution >= 4 is 21.2 Å². The van der Waals surface area contributed by atoms with E-state index < -0.39 is 14.8 Å². The highest BCUT2D eigenvalue weighted by atomic mass is 32.2. The Kier molecular flexibility index (Phi) is 4.28. The van der Waals surface area contributed by atoms with Gasteiger partial charge in [-0.05, 0) is 24.1 Å². The minimum Gasteiger partial charge on any atom is -0.371 e. The topological polar surface area (TPSA) is 80.5 Å². The predicted molar refractivity (Wildman–Crippen MR) is 92.2 cm³/mol. The molecule has 126 valence electrons. The second-order valence-electron chi connectivity index (χ2n) is 6.02. The Bertz CT molecular complexity index is 865. The van der Waals surface area contributed by atoms with Crippen LogP contribution in [0.1, 0.15) is 17.9 Å². The molecule has 2 aromatic rings. The monoisotopic (exact) mass is 346 g/mol. The fourth-order valence-electron chi connectivity index (χ4n) is 3.14. The molecular weight excluding hydrogens is 328 g/mol. The van der Waals surface area contributed by atoms with E-state index in [-0.39, 0.29) is 10.6 Å². The third-order valence-electron chi connectivity index (χ3n) is 4.36. The van der Waals surface area contributed by atoms with Gasteiger partial charge in [0.1, 0.15) is 4.90 Å². The van der Waals surface area contributed by atoms with Crippen molar-refractivity contribution in [2.24, 2.45) is 0 Å². The van der Waals surface area contributed by atoms with Crippen LogP contribution in [0.15, 0.2) is 53.4 Å². The maximum absolute atomic E-state index is 11.9. The molecule has 3 rings (SSSR count). The van der Waals surface area contributed by atoms with Crippen LogP contribution in [-0.2, 0) is 9.84 Å². The quantitative estimate of drug-likeness (QED) is 0.628. The third-order valence-corrected chi connectivity index (χ3v) is 5.49. The van der Waals surface area contributed by atoms with E-state index in [1.54, 1.807) is 6.07 Å². The third kappa shape index (κ3) is 3.26. The van der Waals surface area contributed by atoms with Crippen molar-refractivity contribution in [1.82, 2.24) is 0 Å². The number of rotatable bonds is 4. The van der Waals surface area contributed by atoms with Crippen molar-refractivity contribution in [3.8, 4) is 0 Å². The minimum absolute atomic E-state index is 0.229. The van der Waals surface area contributed by atoms with Gasteiger partial charge in [0.05, 0.1) is 4.92 Å². The smallest absolute Gasteiger partial charge is 0.288 e. The molecule has 0 spiro atoms. The second-order valence-corrected chi connectivity index (χ2v) is 8.01. The first-order valence-corrected chi connectivity index (χ1v) is 9.54. The van der Waals surface area contributed by atoms with Gasteiger partial charge in [0.25, 0.3) is 5.69 Å². The zero-order chi connectivity index (χ0) is 17.3. The predicted octanol–water partition coefficient (Wildman–Crippen LogP) is 2.99. The Hall–Kier alpha value is -2.41. The number of hydrogen-bond donors (Lipinski definition) is 0. The highest BCUT2D eigenvalue weighted by Gasteiger charge is 2.27. The summed E-state index contributed by atoms with van der Waals surface area (Å²) in [5.41, 5.74) is 1.59. The van der Waals surface area contributed by atoms with Gasteiger partial charge in [0.15, 0.2) is 9.84 Å². The lowest BCUT2D eigenvalue weighted by Crippen LogP contribution is -2.19. The van der Waals surface area contributed by atoms with Gasteiger partial charge < -0.3 is 4.90 Å². The summed E-state index contributed by atoms with van der Waals surface area (Å²) >= 11 is 0. The molecule has 0 saturated carbocycles. The van der Waals surface area contributed by atoms with E-state index in [1.165, 1.54) is 17.7 Å². The van der Waals surface area contributed by atoms with Crippen LogP contribution in [0.2, 0.25) is 0 Å². The molecule has 2 aromatic carbocycles. The van der Waals surface area contributed by atoms with Crippen molar-refractivity contribution < 1.29 is 13.3 Å². The van der Waals surface area contributed by atoms with Crippen LogP contribution in [-0.4, -0.2) is 32.7 Å². The van der Waals surface area contributed by atoms with Gasteiger partial charge in [-0.1, -0.05) is 30.3 Å². The van der Waals surface area contributed by atoms with Crippen molar-refractivity contribution in [3.63, 3.8) is 0 Å². The molecule has 0 aliphatic carbocycles. The zero-order valence-electron chi connectivity index (χ0n) is 13.3. The molecule has 1 atom stereocenters. The maximum Gasteiger partial charge on any atom is 0.288 e. The van der Waals surface area contributed by atoms with E-state index in [9.17, 15) is 18.5 Å². The van der Waals surface area contributed by atoms with E-state index in [2.05, 4.69) is 17.0 Å². The first-order chi connectivity index (χ1) is 11.4. The van der Waals surface area contributed by atoms with Crippen molar-refractivity contribution in [1.29, 1.82) is 0 Å². The SMILES string of the molecule is CS(=O)(=O)c1cc(N2CCC(c3ccccc3)C2)ccc1[N+](=O)[O-]. The van der Waals surface area contributed by atoms with Gasteiger partial charge in [-0.2, -0.15) is 0 Å². The van der Waals surface area contributed by atoms with Gasteiger partial charge in [0.2, 0.25) is 0 Å². The Morgan fingerprint density at radius 1 is 1.17 bits per heavy atom. The summed E-state index contributed by atoms with van der Waals surface area (Å²) in [7, 11) is -3.66. The van der Waals surface area contributed by atoms with Crippen LogP contribution in [0.3, 0.4) is 0 Å². The molecule has 7 heteroatoms. The van der Waals surface area contributed by atoms with Crippen LogP contribution >= 0.6 is 0 Å². The maximum atomic E-state index is 11.9. The van der Waals surface area contributed by atoms with Crippen LogP contribution in [0.5, 0.6) is 0 Å². The molecule has 1 fully saturated rings. The van der Waals surface area contributed by atoms with Gasteiger partial charge in [-0.15, -0.1) is 0 Å².